The minimum atomic E-state index is -1.27. The number of benzene rings is 2. The van der Waals surface area contributed by atoms with Gasteiger partial charge in [-0.2, -0.15) is 0 Å². The lowest BCUT2D eigenvalue weighted by molar-refractivity contribution is -0.153. The number of halogens is 2. The van der Waals surface area contributed by atoms with Gasteiger partial charge in [0.05, 0.1) is 6.42 Å². The quantitative estimate of drug-likeness (QED) is 0.496. The molecule has 0 radical (unpaired) electrons. The molecule has 29 heavy (non-hydrogen) atoms. The third-order valence-electron chi connectivity index (χ3n) is 4.26. The number of carbonyl (C=O) groups excluding carboxylic acids is 3. The molecule has 2 rings (SSSR count). The second kappa shape index (κ2) is 10.5. The molecule has 0 bridgehead atoms. The maximum atomic E-state index is 13.6. The van der Waals surface area contributed by atoms with Crippen LogP contribution in [-0.4, -0.2) is 23.8 Å². The second-order valence-electron chi connectivity index (χ2n) is 6.59. The number of amides is 1. The molecule has 0 unspecified atom stereocenters. The van der Waals surface area contributed by atoms with E-state index < -0.39 is 35.3 Å². The normalized spacial score (nSPS) is 11.6. The summed E-state index contributed by atoms with van der Waals surface area (Å²) in [6, 6.07) is 10.4. The standard InChI is InChI=1S/C22H23F2NO4/c1-3-5-15-8-10-16(11-9-15)19(26)12-13-20(27)29-14(2)22(28)25-21-17(23)6-4-7-18(21)24/h4,6-11,14H,3,5,12-13H2,1-2H3,(H,25,28)/t14-/m1/s1. The number of nitrogens with one attached hydrogen (secondary N) is 1. The van der Waals surface area contributed by atoms with E-state index in [0.717, 1.165) is 36.6 Å². The number of Topliss-reactive ketones (excluding diaryl/α,β-unsaturated/α-hetero) is 1. The van der Waals surface area contributed by atoms with Crippen molar-refractivity contribution in [3.8, 4) is 0 Å². The second-order valence-corrected chi connectivity index (χ2v) is 6.59. The van der Waals surface area contributed by atoms with Gasteiger partial charge in [-0.1, -0.05) is 43.7 Å². The van der Waals surface area contributed by atoms with E-state index in [-0.39, 0.29) is 18.6 Å². The molecule has 0 heterocycles. The van der Waals surface area contributed by atoms with Crippen molar-refractivity contribution in [2.24, 2.45) is 0 Å². The summed E-state index contributed by atoms with van der Waals surface area (Å²) in [7, 11) is 0. The fraction of sp³-hybridized carbons (Fsp3) is 0.318. The van der Waals surface area contributed by atoms with Crippen molar-refractivity contribution in [1.29, 1.82) is 0 Å². The number of anilines is 1. The molecule has 0 aliphatic rings. The first-order valence-electron chi connectivity index (χ1n) is 9.38. The SMILES string of the molecule is CCCc1ccc(C(=O)CCC(=O)O[C@H](C)C(=O)Nc2c(F)cccc2F)cc1. The van der Waals surface area contributed by atoms with E-state index in [2.05, 4.69) is 12.2 Å². The fourth-order valence-corrected chi connectivity index (χ4v) is 2.66. The van der Waals surface area contributed by atoms with E-state index in [1.54, 1.807) is 12.1 Å². The lowest BCUT2D eigenvalue weighted by Gasteiger charge is -2.14. The van der Waals surface area contributed by atoms with Gasteiger partial charge in [0.15, 0.2) is 11.9 Å². The highest BCUT2D eigenvalue weighted by atomic mass is 19.1. The summed E-state index contributed by atoms with van der Waals surface area (Å²) in [6.07, 6.45) is 0.389. The molecule has 154 valence electrons. The molecular weight excluding hydrogens is 380 g/mol. The van der Waals surface area contributed by atoms with Crippen LogP contribution in [0.25, 0.3) is 0 Å². The number of aryl methyl sites for hydroxylation is 1. The molecule has 1 amide bonds. The maximum absolute atomic E-state index is 13.6. The van der Waals surface area contributed by atoms with Crippen LogP contribution >= 0.6 is 0 Å². The Bertz CT molecular complexity index is 861. The highest BCUT2D eigenvalue weighted by Crippen LogP contribution is 2.18. The fourth-order valence-electron chi connectivity index (χ4n) is 2.66. The van der Waals surface area contributed by atoms with Crippen LogP contribution in [0.2, 0.25) is 0 Å². The Morgan fingerprint density at radius 2 is 1.62 bits per heavy atom. The minimum absolute atomic E-state index is 0.0672. The van der Waals surface area contributed by atoms with Gasteiger partial charge in [-0.25, -0.2) is 8.78 Å². The van der Waals surface area contributed by atoms with Crippen molar-refractivity contribution < 1.29 is 27.9 Å². The smallest absolute Gasteiger partial charge is 0.307 e. The maximum Gasteiger partial charge on any atom is 0.307 e. The first kappa shape index (κ1) is 22.2. The number of ketones is 1. The zero-order valence-electron chi connectivity index (χ0n) is 16.3. The van der Waals surface area contributed by atoms with Crippen molar-refractivity contribution in [2.45, 2.75) is 45.6 Å². The Labute approximate surface area is 168 Å². The molecule has 1 N–H and O–H groups in total. The number of para-hydroxylation sites is 1. The van der Waals surface area contributed by atoms with Gasteiger partial charge >= 0.3 is 5.97 Å². The van der Waals surface area contributed by atoms with Crippen molar-refractivity contribution in [1.82, 2.24) is 0 Å². The molecule has 0 aromatic heterocycles. The molecule has 5 nitrogen and oxygen atoms in total. The molecule has 1 atom stereocenters. The Morgan fingerprint density at radius 1 is 1.00 bits per heavy atom. The predicted octanol–water partition coefficient (Wildman–Crippen LogP) is 4.45. The van der Waals surface area contributed by atoms with Crippen LogP contribution in [0.3, 0.4) is 0 Å². The molecule has 0 fully saturated rings. The van der Waals surface area contributed by atoms with Gasteiger partial charge in [-0.15, -0.1) is 0 Å². The summed E-state index contributed by atoms with van der Waals surface area (Å²) >= 11 is 0. The van der Waals surface area contributed by atoms with Gasteiger partial charge in [0.2, 0.25) is 0 Å². The predicted molar refractivity (Wildman–Crippen MR) is 105 cm³/mol. The number of rotatable bonds is 9. The largest absolute Gasteiger partial charge is 0.453 e. The molecule has 2 aromatic rings. The van der Waals surface area contributed by atoms with Gasteiger partial charge in [0.25, 0.3) is 5.91 Å². The van der Waals surface area contributed by atoms with Gasteiger partial charge in [-0.05, 0) is 31.0 Å². The van der Waals surface area contributed by atoms with E-state index in [9.17, 15) is 23.2 Å². The molecule has 0 saturated carbocycles. The van der Waals surface area contributed by atoms with Crippen molar-refractivity contribution in [3.05, 3.63) is 65.2 Å². The van der Waals surface area contributed by atoms with Gasteiger partial charge in [-0.3, -0.25) is 14.4 Å². The average Bonchev–Trinajstić information content (AvgIpc) is 2.69. The van der Waals surface area contributed by atoms with Gasteiger partial charge in [0.1, 0.15) is 17.3 Å². The molecule has 2 aromatic carbocycles. The first-order chi connectivity index (χ1) is 13.8. The summed E-state index contributed by atoms with van der Waals surface area (Å²) in [5.74, 6) is -3.71. The van der Waals surface area contributed by atoms with Crippen LogP contribution in [0.4, 0.5) is 14.5 Å². The summed E-state index contributed by atoms with van der Waals surface area (Å²) in [4.78, 5) is 36.1. The van der Waals surface area contributed by atoms with E-state index in [4.69, 9.17) is 4.74 Å². The summed E-state index contributed by atoms with van der Waals surface area (Å²) in [5, 5.41) is 2.06. The van der Waals surface area contributed by atoms with Gasteiger partial charge < -0.3 is 10.1 Å². The molecule has 0 aliphatic heterocycles. The van der Waals surface area contributed by atoms with Crippen LogP contribution in [0.5, 0.6) is 0 Å². The van der Waals surface area contributed by atoms with Crippen molar-refractivity contribution in [3.63, 3.8) is 0 Å². The average molecular weight is 403 g/mol. The molecule has 0 aliphatic carbocycles. The summed E-state index contributed by atoms with van der Waals surface area (Å²) < 4.78 is 32.1. The van der Waals surface area contributed by atoms with Crippen LogP contribution in [0, 0.1) is 11.6 Å². The number of ether oxygens (including phenoxy) is 1. The minimum Gasteiger partial charge on any atom is -0.453 e. The summed E-state index contributed by atoms with van der Waals surface area (Å²) in [5.41, 5.74) is 1.02. The zero-order valence-corrected chi connectivity index (χ0v) is 16.3. The van der Waals surface area contributed by atoms with Crippen LogP contribution in [-0.2, 0) is 20.7 Å². The highest BCUT2D eigenvalue weighted by Gasteiger charge is 2.21. The lowest BCUT2D eigenvalue weighted by atomic mass is 10.0. The topological polar surface area (TPSA) is 72.5 Å². The Balaban J connectivity index is 1.83. The third-order valence-corrected chi connectivity index (χ3v) is 4.26. The monoisotopic (exact) mass is 403 g/mol. The summed E-state index contributed by atoms with van der Waals surface area (Å²) in [6.45, 7) is 3.35. The van der Waals surface area contributed by atoms with E-state index in [1.807, 2.05) is 12.1 Å². The molecule has 7 heteroatoms. The molecule has 0 saturated heterocycles. The Kier molecular flexibility index (Phi) is 8.00. The Morgan fingerprint density at radius 3 is 2.21 bits per heavy atom. The van der Waals surface area contributed by atoms with E-state index in [0.29, 0.717) is 5.56 Å². The van der Waals surface area contributed by atoms with Crippen LogP contribution < -0.4 is 5.32 Å². The highest BCUT2D eigenvalue weighted by molar-refractivity contribution is 5.98. The zero-order chi connectivity index (χ0) is 21.4. The Hall–Kier alpha value is -3.09. The number of carbonyl (C=O) groups is 3. The first-order valence-corrected chi connectivity index (χ1v) is 9.38. The molecular formula is C22H23F2NO4. The van der Waals surface area contributed by atoms with Crippen molar-refractivity contribution in [2.75, 3.05) is 5.32 Å². The number of hydrogen-bond donors (Lipinski definition) is 1. The van der Waals surface area contributed by atoms with E-state index in [1.165, 1.54) is 6.92 Å². The number of esters is 1. The van der Waals surface area contributed by atoms with Crippen molar-refractivity contribution >= 4 is 23.3 Å². The third kappa shape index (κ3) is 6.48. The van der Waals surface area contributed by atoms with Gasteiger partial charge in [0, 0.05) is 12.0 Å². The van der Waals surface area contributed by atoms with Crippen LogP contribution in [0.15, 0.2) is 42.5 Å². The van der Waals surface area contributed by atoms with E-state index >= 15 is 0 Å². The number of hydrogen-bond acceptors (Lipinski definition) is 4. The molecule has 0 spiro atoms. The van der Waals surface area contributed by atoms with Crippen LogP contribution in [0.1, 0.15) is 49.0 Å². The lowest BCUT2D eigenvalue weighted by Crippen LogP contribution is -2.30.